The molecule has 0 radical (unpaired) electrons. The highest BCUT2D eigenvalue weighted by Gasteiger charge is 2.24. The summed E-state index contributed by atoms with van der Waals surface area (Å²) in [5.74, 6) is 0. The van der Waals surface area contributed by atoms with Crippen LogP contribution in [0.1, 0.15) is 13.3 Å². The van der Waals surface area contributed by atoms with Crippen LogP contribution in [0.4, 0.5) is 0 Å². The maximum atomic E-state index is 9.19. The third-order valence-electron chi connectivity index (χ3n) is 2.08. The molecule has 1 heterocycles. The Balaban J connectivity index is 2.33. The van der Waals surface area contributed by atoms with Gasteiger partial charge in [0.25, 0.3) is 0 Å². The zero-order chi connectivity index (χ0) is 7.56. The van der Waals surface area contributed by atoms with Crippen molar-refractivity contribution in [2.45, 2.75) is 25.6 Å². The number of rotatable bonds is 1. The summed E-state index contributed by atoms with van der Waals surface area (Å²) >= 11 is 0. The van der Waals surface area contributed by atoms with E-state index in [1.54, 1.807) is 0 Å². The molecule has 0 unspecified atom stereocenters. The maximum absolute atomic E-state index is 9.19. The fraction of sp³-hybridized carbons (Fsp3) is 1.00. The van der Waals surface area contributed by atoms with Crippen molar-refractivity contribution in [3.05, 3.63) is 0 Å². The molecule has 2 atom stereocenters. The highest BCUT2D eigenvalue weighted by atomic mass is 16.3. The summed E-state index contributed by atoms with van der Waals surface area (Å²) in [4.78, 5) is 2.14. The normalized spacial score (nSPS) is 36.3. The lowest BCUT2D eigenvalue weighted by atomic mass is 10.1. The van der Waals surface area contributed by atoms with E-state index in [2.05, 4.69) is 11.8 Å². The van der Waals surface area contributed by atoms with E-state index >= 15 is 0 Å². The van der Waals surface area contributed by atoms with Crippen LogP contribution >= 0.6 is 0 Å². The monoisotopic (exact) mass is 145 g/mol. The topological polar surface area (TPSA) is 43.7 Å². The summed E-state index contributed by atoms with van der Waals surface area (Å²) in [5.41, 5.74) is 0. The van der Waals surface area contributed by atoms with Crippen LogP contribution in [0.2, 0.25) is 0 Å². The molecule has 1 fully saturated rings. The molecule has 60 valence electrons. The Kier molecular flexibility index (Phi) is 2.65. The molecule has 1 aliphatic rings. The molecule has 10 heavy (non-hydrogen) atoms. The molecule has 3 heteroatoms. The SMILES string of the molecule is CCN1CC[C@H](O)[C@@H](O)C1. The van der Waals surface area contributed by atoms with E-state index in [1.807, 2.05) is 0 Å². The second-order valence-corrected chi connectivity index (χ2v) is 2.82. The maximum Gasteiger partial charge on any atom is 0.0926 e. The average Bonchev–Trinajstić information content (AvgIpc) is 1.95. The molecule has 0 amide bonds. The molecular formula is C7H15NO2. The van der Waals surface area contributed by atoms with E-state index in [-0.39, 0.29) is 0 Å². The summed E-state index contributed by atoms with van der Waals surface area (Å²) in [7, 11) is 0. The van der Waals surface area contributed by atoms with Crippen molar-refractivity contribution in [1.29, 1.82) is 0 Å². The fourth-order valence-corrected chi connectivity index (χ4v) is 1.27. The highest BCUT2D eigenvalue weighted by Crippen LogP contribution is 2.09. The smallest absolute Gasteiger partial charge is 0.0926 e. The number of aliphatic hydroxyl groups is 2. The Morgan fingerprint density at radius 3 is 2.60 bits per heavy atom. The standard InChI is InChI=1S/C7H15NO2/c1-2-8-4-3-6(9)7(10)5-8/h6-7,9-10H,2-5H2,1H3/t6-,7-/m0/s1. The molecule has 1 rings (SSSR count). The zero-order valence-electron chi connectivity index (χ0n) is 6.32. The van der Waals surface area contributed by atoms with Crippen LogP contribution in [0.15, 0.2) is 0 Å². The van der Waals surface area contributed by atoms with E-state index < -0.39 is 12.2 Å². The largest absolute Gasteiger partial charge is 0.390 e. The zero-order valence-corrected chi connectivity index (χ0v) is 6.32. The van der Waals surface area contributed by atoms with E-state index in [4.69, 9.17) is 5.11 Å². The van der Waals surface area contributed by atoms with Crippen LogP contribution in [-0.2, 0) is 0 Å². The van der Waals surface area contributed by atoms with Gasteiger partial charge in [0.05, 0.1) is 12.2 Å². The van der Waals surface area contributed by atoms with Gasteiger partial charge in [0.15, 0.2) is 0 Å². The van der Waals surface area contributed by atoms with Gasteiger partial charge in [-0.2, -0.15) is 0 Å². The van der Waals surface area contributed by atoms with E-state index in [0.29, 0.717) is 13.0 Å². The quantitative estimate of drug-likeness (QED) is 0.519. The van der Waals surface area contributed by atoms with Crippen LogP contribution in [0.5, 0.6) is 0 Å². The Morgan fingerprint density at radius 1 is 1.40 bits per heavy atom. The summed E-state index contributed by atoms with van der Waals surface area (Å²) in [5, 5.41) is 18.3. The van der Waals surface area contributed by atoms with Crippen molar-refractivity contribution in [1.82, 2.24) is 4.90 Å². The van der Waals surface area contributed by atoms with Crippen LogP contribution in [0, 0.1) is 0 Å². The Labute approximate surface area is 61.3 Å². The first-order valence-electron chi connectivity index (χ1n) is 3.82. The number of β-amino-alcohol motifs (C(OH)–C–C–N with tert-alkyl or cyclic N) is 1. The Morgan fingerprint density at radius 2 is 2.10 bits per heavy atom. The lowest BCUT2D eigenvalue weighted by Crippen LogP contribution is -2.46. The average molecular weight is 145 g/mol. The Bertz CT molecular complexity index is 108. The van der Waals surface area contributed by atoms with Gasteiger partial charge in [-0.1, -0.05) is 6.92 Å². The van der Waals surface area contributed by atoms with Gasteiger partial charge in [0, 0.05) is 13.1 Å². The number of hydrogen-bond donors (Lipinski definition) is 2. The minimum absolute atomic E-state index is 0.497. The lowest BCUT2D eigenvalue weighted by molar-refractivity contribution is -0.0369. The molecular weight excluding hydrogens is 130 g/mol. The molecule has 2 N–H and O–H groups in total. The molecule has 1 saturated heterocycles. The third kappa shape index (κ3) is 1.68. The number of aliphatic hydroxyl groups excluding tert-OH is 2. The highest BCUT2D eigenvalue weighted by molar-refractivity contribution is 4.78. The van der Waals surface area contributed by atoms with Gasteiger partial charge in [0.2, 0.25) is 0 Å². The van der Waals surface area contributed by atoms with Crippen LogP contribution in [0.25, 0.3) is 0 Å². The summed E-state index contributed by atoms with van der Waals surface area (Å²) in [6.45, 7) is 4.56. The molecule has 1 aliphatic heterocycles. The van der Waals surface area contributed by atoms with E-state index in [0.717, 1.165) is 13.1 Å². The van der Waals surface area contributed by atoms with Gasteiger partial charge in [0.1, 0.15) is 0 Å². The first-order valence-corrected chi connectivity index (χ1v) is 3.82. The number of hydrogen-bond acceptors (Lipinski definition) is 3. The molecule has 3 nitrogen and oxygen atoms in total. The van der Waals surface area contributed by atoms with E-state index in [9.17, 15) is 5.11 Å². The summed E-state index contributed by atoms with van der Waals surface area (Å²) in [6.07, 6.45) is -0.328. The van der Waals surface area contributed by atoms with Gasteiger partial charge in [-0.3, -0.25) is 0 Å². The fourth-order valence-electron chi connectivity index (χ4n) is 1.27. The third-order valence-corrected chi connectivity index (χ3v) is 2.08. The second-order valence-electron chi connectivity index (χ2n) is 2.82. The number of likely N-dealkylation sites (N-methyl/N-ethyl adjacent to an activating group) is 1. The summed E-state index contributed by atoms with van der Waals surface area (Å²) < 4.78 is 0. The minimum atomic E-state index is -0.534. The molecule has 0 aromatic heterocycles. The van der Waals surface area contributed by atoms with Gasteiger partial charge in [-0.05, 0) is 13.0 Å². The lowest BCUT2D eigenvalue weighted by Gasteiger charge is -2.32. The van der Waals surface area contributed by atoms with Crippen molar-refractivity contribution >= 4 is 0 Å². The van der Waals surface area contributed by atoms with Crippen molar-refractivity contribution < 1.29 is 10.2 Å². The predicted octanol–water partition coefficient (Wildman–Crippen LogP) is -0.566. The van der Waals surface area contributed by atoms with Gasteiger partial charge < -0.3 is 15.1 Å². The predicted molar refractivity (Wildman–Crippen MR) is 38.7 cm³/mol. The van der Waals surface area contributed by atoms with Crippen LogP contribution in [0.3, 0.4) is 0 Å². The molecule has 0 saturated carbocycles. The molecule has 0 aromatic carbocycles. The molecule has 0 bridgehead atoms. The van der Waals surface area contributed by atoms with Crippen molar-refractivity contribution in [3.63, 3.8) is 0 Å². The van der Waals surface area contributed by atoms with Gasteiger partial charge in [-0.15, -0.1) is 0 Å². The molecule has 0 aromatic rings. The van der Waals surface area contributed by atoms with Gasteiger partial charge in [-0.25, -0.2) is 0 Å². The molecule has 0 aliphatic carbocycles. The van der Waals surface area contributed by atoms with E-state index in [1.165, 1.54) is 0 Å². The Hall–Kier alpha value is -0.120. The molecule has 0 spiro atoms. The first kappa shape index (κ1) is 7.98. The van der Waals surface area contributed by atoms with Crippen molar-refractivity contribution in [2.75, 3.05) is 19.6 Å². The summed E-state index contributed by atoms with van der Waals surface area (Å²) in [6, 6.07) is 0. The van der Waals surface area contributed by atoms with Gasteiger partial charge >= 0.3 is 0 Å². The number of likely N-dealkylation sites (tertiary alicyclic amines) is 1. The van der Waals surface area contributed by atoms with Crippen molar-refractivity contribution in [3.8, 4) is 0 Å². The second kappa shape index (κ2) is 3.32. The van der Waals surface area contributed by atoms with Crippen molar-refractivity contribution in [2.24, 2.45) is 0 Å². The first-order chi connectivity index (χ1) is 4.74. The number of nitrogens with zero attached hydrogens (tertiary/aromatic N) is 1. The van der Waals surface area contributed by atoms with Crippen LogP contribution < -0.4 is 0 Å². The minimum Gasteiger partial charge on any atom is -0.390 e. The number of piperidine rings is 1. The van der Waals surface area contributed by atoms with Crippen LogP contribution in [-0.4, -0.2) is 47.0 Å².